The number of carbonyl (C=O) groups is 3. The van der Waals surface area contributed by atoms with Gasteiger partial charge >= 0.3 is 5.69 Å². The van der Waals surface area contributed by atoms with Crippen molar-refractivity contribution in [2.24, 2.45) is 13.0 Å². The van der Waals surface area contributed by atoms with E-state index in [0.717, 1.165) is 107 Å². The Bertz CT molecular complexity index is 2380. The number of morpholine rings is 1. The molecule has 2 N–H and O–H groups in total. The highest BCUT2D eigenvalue weighted by Crippen LogP contribution is 2.36. The van der Waals surface area contributed by atoms with Gasteiger partial charge in [0.1, 0.15) is 17.3 Å². The van der Waals surface area contributed by atoms with Crippen LogP contribution in [-0.4, -0.2) is 115 Å². The number of rotatable bonds is 12. The number of imidazole rings is 1. The van der Waals surface area contributed by atoms with Gasteiger partial charge in [0, 0.05) is 65.2 Å². The van der Waals surface area contributed by atoms with Crippen molar-refractivity contribution in [3.8, 4) is 0 Å². The van der Waals surface area contributed by atoms with E-state index in [1.54, 1.807) is 45.4 Å². The van der Waals surface area contributed by atoms with Crippen LogP contribution < -0.4 is 21.2 Å². The molecule has 0 spiro atoms. The minimum atomic E-state index is -0.690. The molecule has 9 rings (SSSR count). The smallest absolute Gasteiger partial charge is 0.329 e. The Morgan fingerprint density at radius 2 is 1.81 bits per heavy atom. The van der Waals surface area contributed by atoms with Gasteiger partial charge in [-0.15, -0.1) is 0 Å². The number of aromatic nitrogens is 7. The van der Waals surface area contributed by atoms with Crippen LogP contribution in [0.25, 0.3) is 16.7 Å². The molecule has 5 aromatic rings. The van der Waals surface area contributed by atoms with E-state index in [2.05, 4.69) is 35.2 Å². The molecule has 1 atom stereocenters. The van der Waals surface area contributed by atoms with Crippen molar-refractivity contribution in [3.05, 3.63) is 70.7 Å². The topological polar surface area (TPSA) is 175 Å². The van der Waals surface area contributed by atoms with Crippen LogP contribution in [0.5, 0.6) is 0 Å². The maximum atomic E-state index is 13.5. The van der Waals surface area contributed by atoms with Gasteiger partial charge < -0.3 is 24.6 Å². The number of benzene rings is 1. The molecule has 1 aliphatic carbocycles. The third-order valence-electron chi connectivity index (χ3n) is 12.7. The van der Waals surface area contributed by atoms with Crippen molar-refractivity contribution >= 4 is 45.9 Å². The minimum Gasteiger partial charge on any atom is -0.378 e. The summed E-state index contributed by atoms with van der Waals surface area (Å²) < 4.78 is 18.8. The zero-order chi connectivity index (χ0) is 40.5. The molecule has 4 aliphatic rings. The Kier molecular flexibility index (Phi) is 11.3. The van der Waals surface area contributed by atoms with Crippen LogP contribution >= 0.6 is 0 Å². The number of aryl methyl sites for hydroxylation is 2. The lowest BCUT2D eigenvalue weighted by molar-refractivity contribution is -0.135. The molecule has 3 saturated heterocycles. The molecule has 0 bridgehead atoms. The average Bonchev–Trinajstić information content (AvgIpc) is 3.95. The van der Waals surface area contributed by atoms with E-state index in [1.165, 1.54) is 0 Å². The predicted octanol–water partition coefficient (Wildman–Crippen LogP) is 3.49. The van der Waals surface area contributed by atoms with Crippen LogP contribution in [0.4, 0.5) is 11.5 Å². The number of imide groups is 1. The van der Waals surface area contributed by atoms with Gasteiger partial charge in [-0.1, -0.05) is 12.1 Å². The molecule has 0 radical (unpaired) electrons. The van der Waals surface area contributed by atoms with E-state index < -0.39 is 11.9 Å². The predicted molar refractivity (Wildman–Crippen MR) is 220 cm³/mol. The van der Waals surface area contributed by atoms with Crippen LogP contribution in [0.15, 0.2) is 53.8 Å². The van der Waals surface area contributed by atoms with E-state index in [1.807, 2.05) is 24.4 Å². The SMILES string of the molecule is Cn1c(=O)n(C2CCC(=O)NC2=O)c2cccc(CCCOC3CCN(C[C@H]4CC[C@H](n5cc(NC(=O)c6cnn7cccnc67)c(N6CCOCC6)n5)CC4)CC3)c21. The van der Waals surface area contributed by atoms with Crippen molar-refractivity contribution in [1.82, 2.24) is 43.7 Å². The first-order chi connectivity index (χ1) is 28.8. The molecule has 1 saturated carbocycles. The average molecular weight is 808 g/mol. The van der Waals surface area contributed by atoms with E-state index >= 15 is 0 Å². The molecule has 3 aliphatic heterocycles. The summed E-state index contributed by atoms with van der Waals surface area (Å²) in [6, 6.07) is 7.22. The number of hydrogen-bond acceptors (Lipinski definition) is 11. The molecule has 4 aromatic heterocycles. The van der Waals surface area contributed by atoms with Gasteiger partial charge in [-0.2, -0.15) is 10.2 Å². The lowest BCUT2D eigenvalue weighted by Crippen LogP contribution is -2.44. The number of anilines is 2. The van der Waals surface area contributed by atoms with E-state index in [4.69, 9.17) is 14.6 Å². The summed E-state index contributed by atoms with van der Waals surface area (Å²) in [5.74, 6) is 0.451. The van der Waals surface area contributed by atoms with Gasteiger partial charge in [-0.3, -0.25) is 33.5 Å². The van der Waals surface area contributed by atoms with Crippen LogP contribution in [0.3, 0.4) is 0 Å². The van der Waals surface area contributed by atoms with Crippen LogP contribution in [0.2, 0.25) is 0 Å². The molecule has 1 aromatic carbocycles. The van der Waals surface area contributed by atoms with Crippen molar-refractivity contribution in [2.75, 3.05) is 62.8 Å². The Hall–Kier alpha value is -5.39. The molecular formula is C42H53N11O6. The summed E-state index contributed by atoms with van der Waals surface area (Å²) >= 11 is 0. The first kappa shape index (κ1) is 39.1. The molecule has 312 valence electrons. The summed E-state index contributed by atoms with van der Waals surface area (Å²) in [5, 5.41) is 14.9. The molecule has 17 heteroatoms. The number of ether oxygens (including phenoxy) is 2. The number of hydrogen-bond donors (Lipinski definition) is 2. The first-order valence-corrected chi connectivity index (χ1v) is 21.2. The largest absolute Gasteiger partial charge is 0.378 e. The highest BCUT2D eigenvalue weighted by molar-refractivity contribution is 6.09. The summed E-state index contributed by atoms with van der Waals surface area (Å²) in [4.78, 5) is 60.3. The maximum absolute atomic E-state index is 13.5. The third kappa shape index (κ3) is 8.15. The number of fused-ring (bicyclic) bond motifs is 2. The van der Waals surface area contributed by atoms with Gasteiger partial charge in [0.25, 0.3) is 5.91 Å². The van der Waals surface area contributed by atoms with E-state index in [-0.39, 0.29) is 36.1 Å². The lowest BCUT2D eigenvalue weighted by atomic mass is 9.85. The van der Waals surface area contributed by atoms with Gasteiger partial charge in [0.05, 0.1) is 48.8 Å². The molecule has 3 amide bonds. The number of nitrogens with zero attached hydrogens (tertiary/aromatic N) is 9. The Morgan fingerprint density at radius 1 is 1.00 bits per heavy atom. The molecule has 59 heavy (non-hydrogen) atoms. The van der Waals surface area contributed by atoms with E-state index in [9.17, 15) is 19.2 Å². The monoisotopic (exact) mass is 807 g/mol. The third-order valence-corrected chi connectivity index (χ3v) is 12.7. The number of amides is 3. The zero-order valence-corrected chi connectivity index (χ0v) is 33.6. The second-order valence-corrected chi connectivity index (χ2v) is 16.5. The number of piperidine rings is 2. The summed E-state index contributed by atoms with van der Waals surface area (Å²) in [6.45, 7) is 6.52. The number of carbonyl (C=O) groups excluding carboxylic acids is 3. The standard InChI is InChI=1S/C42H53N11O6/c1-48-37-29(5-2-7-34(37)53(42(48)57)35-12-13-36(54)46-41(35)56)6-3-22-59-31-14-18-49(19-15-31)26-28-8-10-30(11-9-28)52-27-33(39(47-52)50-20-23-58-24-21-50)45-40(55)32-25-44-51-17-4-16-43-38(32)51/h2,4-5,7,16-17,25,27-28,30-31,35H,3,6,8-15,18-24,26H2,1H3,(H,45,55)(H,46,54,56)/t28-,30-,35?. The van der Waals surface area contributed by atoms with Crippen LogP contribution in [0, 0.1) is 5.92 Å². The molecule has 17 nitrogen and oxygen atoms in total. The van der Waals surface area contributed by atoms with Crippen molar-refractivity contribution in [3.63, 3.8) is 0 Å². The van der Waals surface area contributed by atoms with Crippen molar-refractivity contribution in [2.45, 2.75) is 82.4 Å². The van der Waals surface area contributed by atoms with Gasteiger partial charge in [0.2, 0.25) is 11.8 Å². The molecule has 7 heterocycles. The first-order valence-electron chi connectivity index (χ1n) is 21.2. The number of para-hydroxylation sites is 1. The van der Waals surface area contributed by atoms with Crippen molar-refractivity contribution < 1.29 is 23.9 Å². The Balaban J connectivity index is 0.740. The van der Waals surface area contributed by atoms with Gasteiger partial charge in [-0.25, -0.2) is 14.3 Å². The quantitative estimate of drug-likeness (QED) is 0.140. The summed E-state index contributed by atoms with van der Waals surface area (Å²) in [6.07, 6.45) is 15.8. The Labute approximate surface area is 341 Å². The number of nitrogens with one attached hydrogen (secondary N) is 2. The highest BCUT2D eigenvalue weighted by atomic mass is 16.5. The molecule has 4 fully saturated rings. The van der Waals surface area contributed by atoms with Gasteiger partial charge in [-0.05, 0) is 81.4 Å². The van der Waals surface area contributed by atoms with Gasteiger partial charge in [0.15, 0.2) is 11.5 Å². The normalized spacial score (nSPS) is 22.3. The van der Waals surface area contributed by atoms with E-state index in [0.29, 0.717) is 49.1 Å². The molecular weight excluding hydrogens is 755 g/mol. The Morgan fingerprint density at radius 3 is 2.61 bits per heavy atom. The second-order valence-electron chi connectivity index (χ2n) is 16.5. The number of likely N-dealkylation sites (tertiary alicyclic amines) is 1. The van der Waals surface area contributed by atoms with Crippen LogP contribution in [-0.2, 0) is 32.5 Å². The molecule has 1 unspecified atom stereocenters. The highest BCUT2D eigenvalue weighted by Gasteiger charge is 2.32. The second kappa shape index (κ2) is 17.1. The summed E-state index contributed by atoms with van der Waals surface area (Å²) in [7, 11) is 1.75. The maximum Gasteiger partial charge on any atom is 0.329 e. The van der Waals surface area contributed by atoms with Crippen molar-refractivity contribution in [1.29, 1.82) is 0 Å². The zero-order valence-electron chi connectivity index (χ0n) is 33.6. The lowest BCUT2D eigenvalue weighted by Gasteiger charge is -2.36. The summed E-state index contributed by atoms with van der Waals surface area (Å²) in [5.41, 5.74) is 3.99. The minimum absolute atomic E-state index is 0.219. The van der Waals surface area contributed by atoms with Crippen LogP contribution in [0.1, 0.15) is 85.8 Å². The fourth-order valence-corrected chi connectivity index (χ4v) is 9.52. The fraction of sp³-hybridized carbons (Fsp3) is 0.548. The fourth-order valence-electron chi connectivity index (χ4n) is 9.52.